The summed E-state index contributed by atoms with van der Waals surface area (Å²) in [6.07, 6.45) is 4.71. The van der Waals surface area contributed by atoms with Gasteiger partial charge in [-0.2, -0.15) is 0 Å². The van der Waals surface area contributed by atoms with E-state index in [1.54, 1.807) is 6.26 Å². The van der Waals surface area contributed by atoms with Gasteiger partial charge >= 0.3 is 0 Å². The van der Waals surface area contributed by atoms with Gasteiger partial charge < -0.3 is 14.3 Å². The summed E-state index contributed by atoms with van der Waals surface area (Å²) in [7, 11) is 0. The highest BCUT2D eigenvalue weighted by molar-refractivity contribution is 5.83. The zero-order chi connectivity index (χ0) is 17.7. The van der Waals surface area contributed by atoms with Crippen LogP contribution in [0.1, 0.15) is 48.2 Å². The predicted molar refractivity (Wildman–Crippen MR) is 98.9 cm³/mol. The number of carbonyl (C=O) groups excluding carboxylic acids is 1. The van der Waals surface area contributed by atoms with Crippen LogP contribution in [0.2, 0.25) is 0 Å². The number of amides is 1. The first kappa shape index (κ1) is 15.7. The lowest BCUT2D eigenvalue weighted by Crippen LogP contribution is -2.40. The van der Waals surface area contributed by atoms with Gasteiger partial charge in [-0.15, -0.1) is 0 Å². The number of nitrogens with zero attached hydrogens (tertiary/aromatic N) is 2. The van der Waals surface area contributed by atoms with Crippen molar-refractivity contribution in [3.05, 3.63) is 53.7 Å². The number of fused-ring (bicyclic) bond motifs is 1. The fourth-order valence-corrected chi connectivity index (χ4v) is 4.26. The number of piperidine rings is 1. The number of imidazole rings is 1. The molecule has 0 radical (unpaired) electrons. The number of furan rings is 1. The van der Waals surface area contributed by atoms with Crippen molar-refractivity contribution in [3.8, 4) is 0 Å². The van der Waals surface area contributed by atoms with Gasteiger partial charge in [0.2, 0.25) is 5.91 Å². The highest BCUT2D eigenvalue weighted by atomic mass is 16.3. The van der Waals surface area contributed by atoms with E-state index in [9.17, 15) is 4.79 Å². The van der Waals surface area contributed by atoms with Crippen molar-refractivity contribution in [3.63, 3.8) is 0 Å². The highest BCUT2D eigenvalue weighted by Crippen LogP contribution is 2.49. The van der Waals surface area contributed by atoms with Gasteiger partial charge in [-0.05, 0) is 56.0 Å². The van der Waals surface area contributed by atoms with E-state index in [0.717, 1.165) is 55.0 Å². The number of aromatic nitrogens is 2. The summed E-state index contributed by atoms with van der Waals surface area (Å²) < 4.78 is 5.47. The molecule has 134 valence electrons. The maximum absolute atomic E-state index is 12.9. The first-order valence-electron chi connectivity index (χ1n) is 9.47. The number of aromatic amines is 1. The molecular formula is C21H23N3O2. The van der Waals surface area contributed by atoms with E-state index in [1.807, 2.05) is 17.0 Å². The molecule has 0 spiro atoms. The molecule has 1 aliphatic heterocycles. The Hall–Kier alpha value is -2.56. The van der Waals surface area contributed by atoms with Crippen molar-refractivity contribution < 1.29 is 9.21 Å². The molecule has 0 unspecified atom stereocenters. The fraction of sp³-hybridized carbons (Fsp3) is 0.429. The summed E-state index contributed by atoms with van der Waals surface area (Å²) in [5, 5.41) is 0. The maximum atomic E-state index is 12.9. The van der Waals surface area contributed by atoms with Gasteiger partial charge in [0.1, 0.15) is 11.6 Å². The minimum atomic E-state index is 0.0956. The van der Waals surface area contributed by atoms with Crippen molar-refractivity contribution in [1.82, 2.24) is 14.9 Å². The molecule has 1 aromatic carbocycles. The Morgan fingerprint density at radius 2 is 2.27 bits per heavy atom. The molecule has 5 rings (SSSR count). The molecule has 26 heavy (non-hydrogen) atoms. The zero-order valence-electron chi connectivity index (χ0n) is 14.9. The third-order valence-electron chi connectivity index (χ3n) is 5.79. The van der Waals surface area contributed by atoms with Crippen LogP contribution in [0.25, 0.3) is 11.0 Å². The molecule has 1 N–H and O–H groups in total. The lowest BCUT2D eigenvalue weighted by Gasteiger charge is -2.32. The van der Waals surface area contributed by atoms with E-state index in [2.05, 4.69) is 30.1 Å². The number of carbonyl (C=O) groups is 1. The second-order valence-corrected chi connectivity index (χ2v) is 7.73. The Morgan fingerprint density at radius 1 is 1.35 bits per heavy atom. The minimum Gasteiger partial charge on any atom is -0.469 e. The first-order valence-corrected chi connectivity index (χ1v) is 9.47. The van der Waals surface area contributed by atoms with Crippen molar-refractivity contribution in [2.24, 2.45) is 5.92 Å². The van der Waals surface area contributed by atoms with Gasteiger partial charge in [-0.25, -0.2) is 4.98 Å². The maximum Gasteiger partial charge on any atom is 0.226 e. The Balaban J connectivity index is 1.31. The molecule has 0 bridgehead atoms. The Bertz CT molecular complexity index is 943. The summed E-state index contributed by atoms with van der Waals surface area (Å²) >= 11 is 0. The molecule has 2 fully saturated rings. The van der Waals surface area contributed by atoms with Gasteiger partial charge in [0, 0.05) is 30.8 Å². The SMILES string of the molecule is Cc1ccc2nc([C@@H]3CCCN(C(=O)[C@@H]4C[C@H]4c4ccco4)C3)[nH]c2c1. The van der Waals surface area contributed by atoms with E-state index in [4.69, 9.17) is 9.40 Å². The number of hydrogen-bond donors (Lipinski definition) is 1. The lowest BCUT2D eigenvalue weighted by molar-refractivity contribution is -0.134. The number of hydrogen-bond acceptors (Lipinski definition) is 3. The van der Waals surface area contributed by atoms with Crippen LogP contribution in [-0.2, 0) is 4.79 Å². The second kappa shape index (κ2) is 6.01. The molecule has 2 aliphatic rings. The average Bonchev–Trinajstić information content (AvgIpc) is 3.07. The number of likely N-dealkylation sites (tertiary alicyclic amines) is 1. The molecule has 1 amide bonds. The van der Waals surface area contributed by atoms with Crippen LogP contribution in [0.5, 0.6) is 0 Å². The summed E-state index contributed by atoms with van der Waals surface area (Å²) in [4.78, 5) is 23.2. The van der Waals surface area contributed by atoms with Crippen LogP contribution in [0.4, 0.5) is 0 Å². The van der Waals surface area contributed by atoms with Crippen LogP contribution in [0.15, 0.2) is 41.0 Å². The van der Waals surface area contributed by atoms with Crippen molar-refractivity contribution >= 4 is 16.9 Å². The minimum absolute atomic E-state index is 0.0956. The predicted octanol–water partition coefficient (Wildman–Crippen LogP) is 3.97. The van der Waals surface area contributed by atoms with Crippen LogP contribution < -0.4 is 0 Å². The van der Waals surface area contributed by atoms with Gasteiger partial charge in [0.15, 0.2) is 0 Å². The lowest BCUT2D eigenvalue weighted by atomic mass is 9.97. The molecular weight excluding hydrogens is 326 g/mol. The largest absolute Gasteiger partial charge is 0.469 e. The number of aryl methyl sites for hydroxylation is 1. The van der Waals surface area contributed by atoms with Crippen LogP contribution in [0, 0.1) is 12.8 Å². The van der Waals surface area contributed by atoms with E-state index in [-0.39, 0.29) is 17.7 Å². The summed E-state index contributed by atoms with van der Waals surface area (Å²) in [5.41, 5.74) is 3.32. The van der Waals surface area contributed by atoms with Crippen molar-refractivity contribution in [2.75, 3.05) is 13.1 Å². The number of benzene rings is 1. The highest BCUT2D eigenvalue weighted by Gasteiger charge is 2.48. The van der Waals surface area contributed by atoms with E-state index >= 15 is 0 Å². The molecule has 2 aromatic heterocycles. The standard InChI is InChI=1S/C21H23N3O2/c1-13-6-7-17-18(10-13)23-20(22-17)14-4-2-8-24(12-14)21(25)16-11-15(16)19-5-3-9-26-19/h3,5-7,9-10,14-16H,2,4,8,11-12H2,1H3,(H,22,23)/t14-,15-,16-/m1/s1. The van der Waals surface area contributed by atoms with Gasteiger partial charge in [0.05, 0.1) is 17.3 Å². The summed E-state index contributed by atoms with van der Waals surface area (Å²) in [5.74, 6) is 2.90. The Morgan fingerprint density at radius 3 is 3.12 bits per heavy atom. The molecule has 5 nitrogen and oxygen atoms in total. The van der Waals surface area contributed by atoms with E-state index in [1.165, 1.54) is 5.56 Å². The monoisotopic (exact) mass is 349 g/mol. The quantitative estimate of drug-likeness (QED) is 0.778. The Labute approximate surface area is 152 Å². The molecule has 5 heteroatoms. The van der Waals surface area contributed by atoms with Gasteiger partial charge in [-0.3, -0.25) is 4.79 Å². The summed E-state index contributed by atoms with van der Waals surface area (Å²) in [6.45, 7) is 3.71. The van der Waals surface area contributed by atoms with Crippen molar-refractivity contribution in [2.45, 2.75) is 38.0 Å². The van der Waals surface area contributed by atoms with E-state index < -0.39 is 0 Å². The van der Waals surface area contributed by atoms with Gasteiger partial charge in [-0.1, -0.05) is 6.07 Å². The summed E-state index contributed by atoms with van der Waals surface area (Å²) in [6, 6.07) is 10.2. The molecule has 1 saturated carbocycles. The second-order valence-electron chi connectivity index (χ2n) is 7.73. The first-order chi connectivity index (χ1) is 12.7. The van der Waals surface area contributed by atoms with Gasteiger partial charge in [0.25, 0.3) is 0 Å². The van der Waals surface area contributed by atoms with E-state index in [0.29, 0.717) is 5.92 Å². The fourth-order valence-electron chi connectivity index (χ4n) is 4.26. The molecule has 3 aromatic rings. The van der Waals surface area contributed by atoms with Crippen LogP contribution >= 0.6 is 0 Å². The van der Waals surface area contributed by atoms with Crippen LogP contribution in [-0.4, -0.2) is 33.9 Å². The number of nitrogens with one attached hydrogen (secondary N) is 1. The zero-order valence-corrected chi connectivity index (χ0v) is 14.9. The third-order valence-corrected chi connectivity index (χ3v) is 5.79. The number of H-pyrrole nitrogens is 1. The van der Waals surface area contributed by atoms with Crippen LogP contribution in [0.3, 0.4) is 0 Å². The Kier molecular flexibility index (Phi) is 3.62. The topological polar surface area (TPSA) is 62.1 Å². The number of rotatable bonds is 3. The molecule has 1 aliphatic carbocycles. The molecule has 3 heterocycles. The average molecular weight is 349 g/mol. The third kappa shape index (κ3) is 2.71. The normalized spacial score (nSPS) is 25.6. The molecule has 3 atom stereocenters. The molecule has 1 saturated heterocycles. The van der Waals surface area contributed by atoms with Crippen molar-refractivity contribution in [1.29, 1.82) is 0 Å². The smallest absolute Gasteiger partial charge is 0.226 e.